The molecule has 0 amide bonds. The summed E-state index contributed by atoms with van der Waals surface area (Å²) in [5, 5.41) is 17.6. The van der Waals surface area contributed by atoms with Crippen LogP contribution in [0.25, 0.3) is 0 Å². The summed E-state index contributed by atoms with van der Waals surface area (Å²) in [6, 6.07) is 15.6. The second-order valence-electron chi connectivity index (χ2n) is 3.01. The SMILES string of the molecule is COc1ccccc1O.Oc1ccccc1. The number of hydrogen-bond acceptors (Lipinski definition) is 3. The lowest BCUT2D eigenvalue weighted by Gasteiger charge is -1.99. The lowest BCUT2D eigenvalue weighted by atomic mass is 10.3. The topological polar surface area (TPSA) is 49.7 Å². The zero-order valence-corrected chi connectivity index (χ0v) is 9.00. The molecule has 0 spiro atoms. The van der Waals surface area contributed by atoms with Crippen molar-refractivity contribution < 1.29 is 14.9 Å². The Balaban J connectivity index is 0.000000165. The van der Waals surface area contributed by atoms with Gasteiger partial charge in [-0.05, 0) is 24.3 Å². The first-order valence-electron chi connectivity index (χ1n) is 4.80. The van der Waals surface area contributed by atoms with Crippen LogP contribution >= 0.6 is 0 Å². The van der Waals surface area contributed by atoms with Crippen molar-refractivity contribution in [3.05, 3.63) is 54.6 Å². The van der Waals surface area contributed by atoms with Crippen LogP contribution in [0.5, 0.6) is 17.2 Å². The maximum absolute atomic E-state index is 8.99. The fourth-order valence-corrected chi connectivity index (χ4v) is 1.06. The molecule has 0 radical (unpaired) electrons. The van der Waals surface area contributed by atoms with Crippen LogP contribution in [0.4, 0.5) is 0 Å². The molecule has 0 aliphatic rings. The second-order valence-corrected chi connectivity index (χ2v) is 3.01. The van der Waals surface area contributed by atoms with Gasteiger partial charge in [-0.25, -0.2) is 0 Å². The van der Waals surface area contributed by atoms with Crippen molar-refractivity contribution >= 4 is 0 Å². The first-order chi connectivity index (χ1) is 7.74. The van der Waals surface area contributed by atoms with E-state index in [0.29, 0.717) is 11.5 Å². The van der Waals surface area contributed by atoms with Crippen LogP contribution < -0.4 is 4.74 Å². The number of para-hydroxylation sites is 3. The first kappa shape index (κ1) is 11.9. The van der Waals surface area contributed by atoms with E-state index in [2.05, 4.69) is 0 Å². The standard InChI is InChI=1S/C7H8O2.C6H6O/c1-9-7-5-3-2-4-6(7)8;7-6-4-2-1-3-5-6/h2-5,8H,1H3;1-5,7H. The van der Waals surface area contributed by atoms with Gasteiger partial charge in [0.25, 0.3) is 0 Å². The lowest BCUT2D eigenvalue weighted by molar-refractivity contribution is 0.373. The number of phenolic OH excluding ortho intramolecular Hbond substituents is 2. The van der Waals surface area contributed by atoms with Crippen molar-refractivity contribution in [3.8, 4) is 17.2 Å². The number of benzene rings is 2. The summed E-state index contributed by atoms with van der Waals surface area (Å²) in [6.45, 7) is 0. The van der Waals surface area contributed by atoms with Gasteiger partial charge in [0.15, 0.2) is 11.5 Å². The Morgan fingerprint density at radius 1 is 0.812 bits per heavy atom. The molecule has 16 heavy (non-hydrogen) atoms. The minimum absolute atomic E-state index is 0.181. The first-order valence-corrected chi connectivity index (χ1v) is 4.80. The average Bonchev–Trinajstić information content (AvgIpc) is 2.31. The van der Waals surface area contributed by atoms with Gasteiger partial charge in [0.1, 0.15) is 5.75 Å². The zero-order chi connectivity index (χ0) is 11.8. The van der Waals surface area contributed by atoms with Gasteiger partial charge in [-0.1, -0.05) is 30.3 Å². The van der Waals surface area contributed by atoms with Gasteiger partial charge in [0.2, 0.25) is 0 Å². The number of rotatable bonds is 1. The average molecular weight is 218 g/mol. The number of aromatic hydroxyl groups is 2. The summed E-state index contributed by atoms with van der Waals surface area (Å²) in [5.74, 6) is 1.01. The number of methoxy groups -OCH3 is 1. The van der Waals surface area contributed by atoms with E-state index in [0.717, 1.165) is 0 Å². The Morgan fingerprint density at radius 2 is 1.38 bits per heavy atom. The Hall–Kier alpha value is -2.16. The number of hydrogen-bond donors (Lipinski definition) is 2. The minimum Gasteiger partial charge on any atom is -0.508 e. The van der Waals surface area contributed by atoms with Crippen LogP contribution in [0.2, 0.25) is 0 Å². The molecule has 2 rings (SSSR count). The highest BCUT2D eigenvalue weighted by molar-refractivity contribution is 5.37. The Kier molecular flexibility index (Phi) is 4.73. The van der Waals surface area contributed by atoms with Gasteiger partial charge >= 0.3 is 0 Å². The smallest absolute Gasteiger partial charge is 0.160 e. The van der Waals surface area contributed by atoms with Gasteiger partial charge in [-0.2, -0.15) is 0 Å². The zero-order valence-electron chi connectivity index (χ0n) is 9.00. The molecular weight excluding hydrogens is 204 g/mol. The summed E-state index contributed by atoms with van der Waals surface area (Å²) in [6.07, 6.45) is 0. The number of ether oxygens (including phenoxy) is 1. The molecule has 0 saturated heterocycles. The van der Waals surface area contributed by atoms with Crippen molar-refractivity contribution in [2.24, 2.45) is 0 Å². The normalized spacial score (nSPS) is 8.81. The molecule has 0 aliphatic heterocycles. The van der Waals surface area contributed by atoms with E-state index in [-0.39, 0.29) is 5.75 Å². The highest BCUT2D eigenvalue weighted by atomic mass is 16.5. The minimum atomic E-state index is 0.181. The molecule has 0 saturated carbocycles. The molecular formula is C13H14O3. The Labute approximate surface area is 94.6 Å². The summed E-state index contributed by atoms with van der Waals surface area (Å²) in [7, 11) is 1.52. The fraction of sp³-hybridized carbons (Fsp3) is 0.0769. The lowest BCUT2D eigenvalue weighted by Crippen LogP contribution is -1.80. The summed E-state index contributed by atoms with van der Waals surface area (Å²) < 4.78 is 4.79. The fourth-order valence-electron chi connectivity index (χ4n) is 1.06. The highest BCUT2D eigenvalue weighted by Crippen LogP contribution is 2.22. The van der Waals surface area contributed by atoms with E-state index in [9.17, 15) is 0 Å². The summed E-state index contributed by atoms with van der Waals surface area (Å²) in [4.78, 5) is 0. The van der Waals surface area contributed by atoms with Crippen LogP contribution in [0.1, 0.15) is 0 Å². The molecule has 0 aliphatic carbocycles. The molecule has 2 N–H and O–H groups in total. The molecule has 0 aromatic heterocycles. The number of phenols is 2. The maximum Gasteiger partial charge on any atom is 0.160 e. The highest BCUT2D eigenvalue weighted by Gasteiger charge is 1.94. The van der Waals surface area contributed by atoms with Gasteiger partial charge < -0.3 is 14.9 Å². The van der Waals surface area contributed by atoms with Crippen molar-refractivity contribution in [1.29, 1.82) is 0 Å². The predicted molar refractivity (Wildman–Crippen MR) is 62.8 cm³/mol. The Bertz CT molecular complexity index is 413. The molecule has 2 aromatic rings. The van der Waals surface area contributed by atoms with Crippen molar-refractivity contribution in [3.63, 3.8) is 0 Å². The van der Waals surface area contributed by atoms with Crippen molar-refractivity contribution in [1.82, 2.24) is 0 Å². The monoisotopic (exact) mass is 218 g/mol. The third-order valence-corrected chi connectivity index (χ3v) is 1.84. The van der Waals surface area contributed by atoms with E-state index >= 15 is 0 Å². The molecule has 3 nitrogen and oxygen atoms in total. The van der Waals surface area contributed by atoms with Crippen molar-refractivity contribution in [2.75, 3.05) is 7.11 Å². The van der Waals surface area contributed by atoms with E-state index in [1.807, 2.05) is 6.07 Å². The molecule has 84 valence electrons. The second kappa shape index (κ2) is 6.35. The van der Waals surface area contributed by atoms with Gasteiger partial charge in [0, 0.05) is 0 Å². The van der Waals surface area contributed by atoms with Crippen LogP contribution in [-0.2, 0) is 0 Å². The van der Waals surface area contributed by atoms with Crippen LogP contribution in [0.3, 0.4) is 0 Å². The summed E-state index contributed by atoms with van der Waals surface area (Å²) >= 11 is 0. The quantitative estimate of drug-likeness (QED) is 0.773. The summed E-state index contributed by atoms with van der Waals surface area (Å²) in [5.41, 5.74) is 0. The predicted octanol–water partition coefficient (Wildman–Crippen LogP) is 2.79. The molecule has 0 unspecified atom stereocenters. The van der Waals surface area contributed by atoms with Gasteiger partial charge in [0.05, 0.1) is 7.11 Å². The molecule has 0 bridgehead atoms. The van der Waals surface area contributed by atoms with Gasteiger partial charge in [-0.3, -0.25) is 0 Å². The molecule has 0 fully saturated rings. The van der Waals surface area contributed by atoms with E-state index in [4.69, 9.17) is 14.9 Å². The van der Waals surface area contributed by atoms with E-state index in [1.165, 1.54) is 7.11 Å². The van der Waals surface area contributed by atoms with E-state index < -0.39 is 0 Å². The van der Waals surface area contributed by atoms with Crippen molar-refractivity contribution in [2.45, 2.75) is 0 Å². The van der Waals surface area contributed by atoms with E-state index in [1.54, 1.807) is 48.5 Å². The van der Waals surface area contributed by atoms with Crippen LogP contribution in [0.15, 0.2) is 54.6 Å². The molecule has 2 aromatic carbocycles. The van der Waals surface area contributed by atoms with Gasteiger partial charge in [-0.15, -0.1) is 0 Å². The molecule has 0 heterocycles. The molecule has 3 heteroatoms. The van der Waals surface area contributed by atoms with Crippen LogP contribution in [0, 0.1) is 0 Å². The molecule has 0 atom stereocenters. The Morgan fingerprint density at radius 3 is 1.75 bits per heavy atom. The maximum atomic E-state index is 8.99. The van der Waals surface area contributed by atoms with Crippen LogP contribution in [-0.4, -0.2) is 17.3 Å². The third-order valence-electron chi connectivity index (χ3n) is 1.84. The third kappa shape index (κ3) is 3.92. The largest absolute Gasteiger partial charge is 0.508 e.